The molecule has 0 aromatic heterocycles. The zero-order chi connectivity index (χ0) is 11.1. The smallest absolute Gasteiger partial charge is 0.0763 e. The summed E-state index contributed by atoms with van der Waals surface area (Å²) in [6.45, 7) is 8.72. The van der Waals surface area contributed by atoms with Crippen LogP contribution in [0.1, 0.15) is 46.5 Å². The van der Waals surface area contributed by atoms with Gasteiger partial charge in [0.2, 0.25) is 0 Å². The van der Waals surface area contributed by atoms with Gasteiger partial charge >= 0.3 is 0 Å². The topological polar surface area (TPSA) is 21.3 Å². The monoisotopic (exact) mass is 211 g/mol. The highest BCUT2D eigenvalue weighted by molar-refractivity contribution is 5.07. The Morgan fingerprint density at radius 2 is 2.20 bits per heavy atom. The predicted octanol–water partition coefficient (Wildman–Crippen LogP) is 2.89. The Balaban J connectivity index is 2.32. The van der Waals surface area contributed by atoms with Crippen LogP contribution in [0.15, 0.2) is 11.6 Å². The predicted molar refractivity (Wildman–Crippen MR) is 65.1 cm³/mol. The summed E-state index contributed by atoms with van der Waals surface area (Å²) < 4.78 is 5.80. The van der Waals surface area contributed by atoms with Crippen LogP contribution in [-0.4, -0.2) is 25.3 Å². The average Bonchev–Trinajstić information content (AvgIpc) is 2.63. The van der Waals surface area contributed by atoms with Gasteiger partial charge in [0.15, 0.2) is 0 Å². The molecule has 0 radical (unpaired) electrons. The highest BCUT2D eigenvalue weighted by atomic mass is 16.5. The Labute approximate surface area is 94.1 Å². The molecule has 1 aliphatic rings. The first-order chi connectivity index (χ1) is 7.26. The minimum absolute atomic E-state index is 0.373. The van der Waals surface area contributed by atoms with Gasteiger partial charge in [-0.3, -0.25) is 0 Å². The van der Waals surface area contributed by atoms with Crippen LogP contribution < -0.4 is 5.32 Å². The third-order valence-electron chi connectivity index (χ3n) is 2.92. The summed E-state index contributed by atoms with van der Waals surface area (Å²) in [7, 11) is 0. The zero-order valence-corrected chi connectivity index (χ0v) is 10.4. The highest BCUT2D eigenvalue weighted by Gasteiger charge is 2.19. The Kier molecular flexibility index (Phi) is 5.96. The van der Waals surface area contributed by atoms with Gasteiger partial charge in [-0.05, 0) is 39.2 Å². The minimum Gasteiger partial charge on any atom is -0.371 e. The van der Waals surface area contributed by atoms with Crippen molar-refractivity contribution in [2.24, 2.45) is 0 Å². The van der Waals surface area contributed by atoms with Gasteiger partial charge in [-0.25, -0.2) is 0 Å². The summed E-state index contributed by atoms with van der Waals surface area (Å²) in [5.74, 6) is 0. The van der Waals surface area contributed by atoms with Crippen LogP contribution in [0.2, 0.25) is 0 Å². The van der Waals surface area contributed by atoms with Crippen LogP contribution in [0.5, 0.6) is 0 Å². The Morgan fingerprint density at radius 1 is 1.40 bits per heavy atom. The minimum atomic E-state index is 0.373. The molecule has 0 amide bonds. The van der Waals surface area contributed by atoms with Crippen molar-refractivity contribution in [1.82, 2.24) is 5.32 Å². The van der Waals surface area contributed by atoms with E-state index in [1.165, 1.54) is 24.8 Å². The van der Waals surface area contributed by atoms with Crippen molar-refractivity contribution in [2.45, 2.75) is 58.7 Å². The second-order valence-corrected chi connectivity index (χ2v) is 4.42. The molecule has 1 aliphatic heterocycles. The molecular weight excluding hydrogens is 186 g/mol. The van der Waals surface area contributed by atoms with Gasteiger partial charge in [-0.2, -0.15) is 0 Å². The van der Waals surface area contributed by atoms with Crippen molar-refractivity contribution >= 4 is 0 Å². The van der Waals surface area contributed by atoms with E-state index in [0.717, 1.165) is 19.5 Å². The number of rotatable bonds is 6. The first-order valence-electron chi connectivity index (χ1n) is 6.32. The quantitative estimate of drug-likeness (QED) is 0.539. The molecule has 2 heteroatoms. The lowest BCUT2D eigenvalue weighted by atomic mass is 10.1. The van der Waals surface area contributed by atoms with E-state index >= 15 is 0 Å². The number of nitrogens with one attached hydrogen (secondary N) is 1. The van der Waals surface area contributed by atoms with Crippen molar-refractivity contribution in [1.29, 1.82) is 0 Å². The van der Waals surface area contributed by atoms with Crippen molar-refractivity contribution in [3.63, 3.8) is 0 Å². The Morgan fingerprint density at radius 3 is 2.73 bits per heavy atom. The van der Waals surface area contributed by atoms with E-state index < -0.39 is 0 Å². The van der Waals surface area contributed by atoms with E-state index in [9.17, 15) is 0 Å². The van der Waals surface area contributed by atoms with E-state index in [2.05, 4.69) is 32.2 Å². The summed E-state index contributed by atoms with van der Waals surface area (Å²) in [6.07, 6.45) is 7.88. The maximum absolute atomic E-state index is 5.80. The molecule has 1 N–H and O–H groups in total. The van der Waals surface area contributed by atoms with Gasteiger partial charge in [0.1, 0.15) is 0 Å². The van der Waals surface area contributed by atoms with Crippen LogP contribution >= 0.6 is 0 Å². The van der Waals surface area contributed by atoms with E-state index in [1.54, 1.807) is 0 Å². The van der Waals surface area contributed by atoms with Gasteiger partial charge < -0.3 is 10.1 Å². The van der Waals surface area contributed by atoms with Crippen LogP contribution in [0.4, 0.5) is 0 Å². The highest BCUT2D eigenvalue weighted by Crippen LogP contribution is 2.21. The lowest BCUT2D eigenvalue weighted by Gasteiger charge is -2.11. The molecule has 1 fully saturated rings. The van der Waals surface area contributed by atoms with Crippen LogP contribution in [-0.2, 0) is 4.74 Å². The molecule has 0 aliphatic carbocycles. The zero-order valence-electron chi connectivity index (χ0n) is 10.4. The molecule has 0 aromatic rings. The first-order valence-corrected chi connectivity index (χ1v) is 6.32. The second-order valence-electron chi connectivity index (χ2n) is 4.42. The normalized spacial score (nSPS) is 27.3. The summed E-state index contributed by atoms with van der Waals surface area (Å²) in [5, 5.41) is 3.45. The standard InChI is InChI=1S/C13H25NO/c1-4-8-14-10-12(5-2)9-13-7-6-11(3)15-13/h9,11,13-14H,4-8,10H2,1-3H3/b12-9+. The fourth-order valence-corrected chi connectivity index (χ4v) is 1.95. The molecule has 0 bridgehead atoms. The second kappa shape index (κ2) is 7.02. The number of hydrogen-bond acceptors (Lipinski definition) is 2. The summed E-state index contributed by atoms with van der Waals surface area (Å²) >= 11 is 0. The van der Waals surface area contributed by atoms with Crippen molar-refractivity contribution in [3.05, 3.63) is 11.6 Å². The fraction of sp³-hybridized carbons (Fsp3) is 0.846. The van der Waals surface area contributed by atoms with Crippen molar-refractivity contribution < 1.29 is 4.74 Å². The molecule has 1 rings (SSSR count). The number of hydrogen-bond donors (Lipinski definition) is 1. The molecule has 0 saturated carbocycles. The van der Waals surface area contributed by atoms with Crippen LogP contribution in [0.3, 0.4) is 0 Å². The largest absolute Gasteiger partial charge is 0.371 e. The third-order valence-corrected chi connectivity index (χ3v) is 2.92. The summed E-state index contributed by atoms with van der Waals surface area (Å²) in [4.78, 5) is 0. The van der Waals surface area contributed by atoms with E-state index in [1.807, 2.05) is 0 Å². The van der Waals surface area contributed by atoms with E-state index in [4.69, 9.17) is 4.74 Å². The molecule has 1 saturated heterocycles. The van der Waals surface area contributed by atoms with E-state index in [0.29, 0.717) is 12.2 Å². The summed E-state index contributed by atoms with van der Waals surface area (Å²) in [6, 6.07) is 0. The maximum Gasteiger partial charge on any atom is 0.0763 e. The Hall–Kier alpha value is -0.340. The molecule has 2 atom stereocenters. The molecular formula is C13H25NO. The lowest BCUT2D eigenvalue weighted by molar-refractivity contribution is 0.0827. The molecule has 2 unspecified atom stereocenters. The van der Waals surface area contributed by atoms with E-state index in [-0.39, 0.29) is 0 Å². The molecule has 2 nitrogen and oxygen atoms in total. The van der Waals surface area contributed by atoms with Crippen LogP contribution in [0, 0.1) is 0 Å². The van der Waals surface area contributed by atoms with Gasteiger partial charge in [-0.1, -0.05) is 25.5 Å². The van der Waals surface area contributed by atoms with Gasteiger partial charge in [-0.15, -0.1) is 0 Å². The lowest BCUT2D eigenvalue weighted by Crippen LogP contribution is -2.18. The Bertz CT molecular complexity index is 201. The maximum atomic E-state index is 5.80. The van der Waals surface area contributed by atoms with Crippen molar-refractivity contribution in [3.8, 4) is 0 Å². The molecule has 0 spiro atoms. The first kappa shape index (κ1) is 12.7. The van der Waals surface area contributed by atoms with Gasteiger partial charge in [0, 0.05) is 6.54 Å². The SMILES string of the molecule is CCCNC/C(=C/C1CCC(C)O1)CC. The van der Waals surface area contributed by atoms with Crippen LogP contribution in [0.25, 0.3) is 0 Å². The average molecular weight is 211 g/mol. The number of ether oxygens (including phenoxy) is 1. The summed E-state index contributed by atoms with van der Waals surface area (Å²) in [5.41, 5.74) is 1.49. The third kappa shape index (κ3) is 4.80. The van der Waals surface area contributed by atoms with Crippen molar-refractivity contribution in [2.75, 3.05) is 13.1 Å². The fourth-order valence-electron chi connectivity index (χ4n) is 1.95. The molecule has 15 heavy (non-hydrogen) atoms. The molecule has 1 heterocycles. The van der Waals surface area contributed by atoms with Gasteiger partial charge in [0.25, 0.3) is 0 Å². The molecule has 88 valence electrons. The molecule has 0 aromatic carbocycles. The van der Waals surface area contributed by atoms with Gasteiger partial charge in [0.05, 0.1) is 12.2 Å².